The second kappa shape index (κ2) is 5.97. The van der Waals surface area contributed by atoms with Gasteiger partial charge in [0.15, 0.2) is 5.78 Å². The van der Waals surface area contributed by atoms with Crippen LogP contribution in [0.15, 0.2) is 53.2 Å². The van der Waals surface area contributed by atoms with Gasteiger partial charge in [-0.05, 0) is 42.9 Å². The van der Waals surface area contributed by atoms with Gasteiger partial charge in [0.2, 0.25) is 0 Å². The van der Waals surface area contributed by atoms with Gasteiger partial charge in [-0.15, -0.1) is 0 Å². The van der Waals surface area contributed by atoms with Crippen molar-refractivity contribution in [3.8, 4) is 5.75 Å². The van der Waals surface area contributed by atoms with Crippen molar-refractivity contribution in [2.75, 3.05) is 7.11 Å². The third kappa shape index (κ3) is 3.00. The number of benzene rings is 1. The van der Waals surface area contributed by atoms with Gasteiger partial charge >= 0.3 is 5.97 Å². The van der Waals surface area contributed by atoms with Crippen LogP contribution in [-0.4, -0.2) is 24.6 Å². The van der Waals surface area contributed by atoms with Gasteiger partial charge in [-0.25, -0.2) is 4.79 Å². The molecule has 2 rings (SSSR count). The fourth-order valence-corrected chi connectivity index (χ4v) is 1.68. The zero-order valence-electron chi connectivity index (χ0n) is 11.1. The van der Waals surface area contributed by atoms with E-state index in [9.17, 15) is 9.59 Å². The van der Waals surface area contributed by atoms with Crippen LogP contribution in [0.2, 0.25) is 0 Å². The van der Waals surface area contributed by atoms with Gasteiger partial charge in [-0.3, -0.25) is 4.79 Å². The van der Waals surface area contributed by atoms with Crippen molar-refractivity contribution >= 4 is 17.5 Å². The highest BCUT2D eigenvalue weighted by molar-refractivity contribution is 6.19. The Morgan fingerprint density at radius 3 is 2.65 bits per heavy atom. The molecule has 0 heterocycles. The highest BCUT2D eigenvalue weighted by atomic mass is 16.7. The van der Waals surface area contributed by atoms with Crippen LogP contribution in [-0.2, 0) is 9.63 Å². The number of methoxy groups -OCH3 is 1. The number of rotatable bonds is 3. The third-order valence-corrected chi connectivity index (χ3v) is 2.72. The smallest absolute Gasteiger partial charge is 0.369 e. The van der Waals surface area contributed by atoms with Crippen molar-refractivity contribution < 1.29 is 19.2 Å². The number of nitrogens with zero attached hydrogens (tertiary/aromatic N) is 1. The molecule has 0 aromatic heterocycles. The number of carbonyl (C=O) groups excluding carboxylic acids is 2. The number of hydrogen-bond acceptors (Lipinski definition) is 5. The average molecular weight is 271 g/mol. The van der Waals surface area contributed by atoms with E-state index in [1.807, 2.05) is 0 Å². The molecule has 5 nitrogen and oxygen atoms in total. The van der Waals surface area contributed by atoms with Crippen molar-refractivity contribution in [3.05, 3.63) is 53.6 Å². The Morgan fingerprint density at radius 2 is 1.95 bits per heavy atom. The maximum atomic E-state index is 11.9. The van der Waals surface area contributed by atoms with Crippen LogP contribution < -0.4 is 4.74 Å². The first-order valence-electron chi connectivity index (χ1n) is 5.95. The lowest BCUT2D eigenvalue weighted by atomic mass is 10.1. The molecule has 0 amide bonds. The summed E-state index contributed by atoms with van der Waals surface area (Å²) in [4.78, 5) is 27.9. The van der Waals surface area contributed by atoms with E-state index in [4.69, 9.17) is 9.57 Å². The van der Waals surface area contributed by atoms with Crippen molar-refractivity contribution in [1.82, 2.24) is 0 Å². The summed E-state index contributed by atoms with van der Waals surface area (Å²) < 4.78 is 5.07. The Hall–Kier alpha value is -2.69. The highest BCUT2D eigenvalue weighted by Gasteiger charge is 2.14. The van der Waals surface area contributed by atoms with E-state index in [1.165, 1.54) is 25.3 Å². The second-order valence-corrected chi connectivity index (χ2v) is 4.12. The molecule has 20 heavy (non-hydrogen) atoms. The van der Waals surface area contributed by atoms with Crippen LogP contribution in [0.25, 0.3) is 0 Å². The zero-order valence-corrected chi connectivity index (χ0v) is 11.1. The van der Waals surface area contributed by atoms with E-state index in [-0.39, 0.29) is 11.3 Å². The SMILES string of the molecule is COc1ccccc1C(=O)O/N=C1\C=CC(=O)C=C1C. The van der Waals surface area contributed by atoms with E-state index in [1.54, 1.807) is 31.2 Å². The quantitative estimate of drug-likeness (QED) is 0.480. The Balaban J connectivity index is 2.15. The van der Waals surface area contributed by atoms with Crippen molar-refractivity contribution in [3.63, 3.8) is 0 Å². The first-order chi connectivity index (χ1) is 9.61. The van der Waals surface area contributed by atoms with Gasteiger partial charge in [0.05, 0.1) is 7.11 Å². The molecule has 102 valence electrons. The molecular formula is C15H13NO4. The molecule has 0 spiro atoms. The number of ketones is 1. The van der Waals surface area contributed by atoms with Gasteiger partial charge in [0.1, 0.15) is 17.0 Å². The Morgan fingerprint density at radius 1 is 1.20 bits per heavy atom. The summed E-state index contributed by atoms with van der Waals surface area (Å²) in [7, 11) is 1.47. The molecule has 0 aliphatic heterocycles. The summed E-state index contributed by atoms with van der Waals surface area (Å²) in [6, 6.07) is 6.71. The average Bonchev–Trinajstić information content (AvgIpc) is 2.46. The van der Waals surface area contributed by atoms with Crippen LogP contribution in [0, 0.1) is 0 Å². The summed E-state index contributed by atoms with van der Waals surface area (Å²) in [5.74, 6) is -0.315. The number of ether oxygens (including phenoxy) is 1. The summed E-state index contributed by atoms with van der Waals surface area (Å²) in [6.45, 7) is 1.72. The van der Waals surface area contributed by atoms with Crippen molar-refractivity contribution in [2.45, 2.75) is 6.92 Å². The van der Waals surface area contributed by atoms with Gasteiger partial charge in [-0.1, -0.05) is 17.3 Å². The van der Waals surface area contributed by atoms with Gasteiger partial charge in [-0.2, -0.15) is 0 Å². The van der Waals surface area contributed by atoms with E-state index >= 15 is 0 Å². The van der Waals surface area contributed by atoms with Crippen LogP contribution in [0.3, 0.4) is 0 Å². The normalized spacial score (nSPS) is 16.0. The van der Waals surface area contributed by atoms with E-state index in [0.717, 1.165) is 0 Å². The first-order valence-corrected chi connectivity index (χ1v) is 5.95. The maximum absolute atomic E-state index is 11.9. The predicted octanol–water partition coefficient (Wildman–Crippen LogP) is 2.29. The molecule has 1 aliphatic carbocycles. The summed E-state index contributed by atoms with van der Waals surface area (Å²) >= 11 is 0. The van der Waals surface area contributed by atoms with Crippen molar-refractivity contribution in [2.24, 2.45) is 5.16 Å². The molecule has 0 atom stereocenters. The van der Waals surface area contributed by atoms with Gasteiger partial charge in [0.25, 0.3) is 0 Å². The lowest BCUT2D eigenvalue weighted by Gasteiger charge is -2.07. The van der Waals surface area contributed by atoms with E-state index in [2.05, 4.69) is 5.16 Å². The third-order valence-electron chi connectivity index (χ3n) is 2.72. The van der Waals surface area contributed by atoms with Gasteiger partial charge < -0.3 is 9.57 Å². The monoisotopic (exact) mass is 271 g/mol. The minimum Gasteiger partial charge on any atom is -0.496 e. The molecule has 0 unspecified atom stereocenters. The molecule has 0 radical (unpaired) electrons. The zero-order chi connectivity index (χ0) is 14.5. The highest BCUT2D eigenvalue weighted by Crippen LogP contribution is 2.18. The second-order valence-electron chi connectivity index (χ2n) is 4.12. The number of carbonyl (C=O) groups is 2. The molecular weight excluding hydrogens is 258 g/mol. The standard InChI is InChI=1S/C15H13NO4/c1-10-9-11(17)7-8-13(10)16-20-15(18)12-5-3-4-6-14(12)19-2/h3-9H,1-2H3/b16-13+. The van der Waals surface area contributed by atoms with Crippen LogP contribution >= 0.6 is 0 Å². The Kier molecular flexibility index (Phi) is 4.10. The predicted molar refractivity (Wildman–Crippen MR) is 73.7 cm³/mol. The minimum absolute atomic E-state index is 0.113. The number of para-hydroxylation sites is 1. The van der Waals surface area contributed by atoms with E-state index < -0.39 is 5.97 Å². The molecule has 5 heteroatoms. The summed E-state index contributed by atoms with van der Waals surface area (Å²) in [5.41, 5.74) is 1.37. The van der Waals surface area contributed by atoms with Gasteiger partial charge in [0, 0.05) is 0 Å². The maximum Gasteiger partial charge on any atom is 0.369 e. The van der Waals surface area contributed by atoms with E-state index in [0.29, 0.717) is 17.0 Å². The fourth-order valence-electron chi connectivity index (χ4n) is 1.68. The van der Waals surface area contributed by atoms with Crippen LogP contribution in [0.4, 0.5) is 0 Å². The number of oxime groups is 1. The lowest BCUT2D eigenvalue weighted by molar-refractivity contribution is -0.110. The molecule has 0 saturated carbocycles. The molecule has 1 aromatic rings. The first kappa shape index (κ1) is 13.7. The Bertz CT molecular complexity index is 641. The number of hydrogen-bond donors (Lipinski definition) is 0. The van der Waals surface area contributed by atoms with Crippen LogP contribution in [0.5, 0.6) is 5.75 Å². The lowest BCUT2D eigenvalue weighted by Crippen LogP contribution is -2.09. The summed E-state index contributed by atoms with van der Waals surface area (Å²) in [6.07, 6.45) is 4.30. The molecule has 0 bridgehead atoms. The molecule has 1 aromatic carbocycles. The molecule has 0 saturated heterocycles. The molecule has 0 N–H and O–H groups in total. The Labute approximate surface area is 116 Å². The molecule has 1 aliphatic rings. The van der Waals surface area contributed by atoms with Crippen LogP contribution in [0.1, 0.15) is 17.3 Å². The topological polar surface area (TPSA) is 65.0 Å². The summed E-state index contributed by atoms with van der Waals surface area (Å²) in [5, 5.41) is 3.75. The molecule has 0 fully saturated rings. The minimum atomic E-state index is -0.618. The van der Waals surface area contributed by atoms with Crippen molar-refractivity contribution in [1.29, 1.82) is 0 Å². The fraction of sp³-hybridized carbons (Fsp3) is 0.133. The largest absolute Gasteiger partial charge is 0.496 e. The number of allylic oxidation sites excluding steroid dienone is 4.